The second-order valence-corrected chi connectivity index (χ2v) is 6.89. The van der Waals surface area contributed by atoms with E-state index in [2.05, 4.69) is 15.2 Å². The van der Waals surface area contributed by atoms with Crippen LogP contribution in [0.2, 0.25) is 0 Å². The molecule has 1 aliphatic rings. The molecule has 2 aromatic rings. The molecule has 1 fully saturated rings. The van der Waals surface area contributed by atoms with Crippen molar-refractivity contribution in [3.8, 4) is 0 Å². The molecule has 1 N–H and O–H groups in total. The van der Waals surface area contributed by atoms with E-state index >= 15 is 0 Å². The Morgan fingerprint density at radius 1 is 1.55 bits per heavy atom. The molecule has 3 heterocycles. The highest BCUT2D eigenvalue weighted by Crippen LogP contribution is 2.25. The predicted molar refractivity (Wildman–Crippen MR) is 84.2 cm³/mol. The molecule has 1 aliphatic heterocycles. The molecule has 2 aromatic heterocycles. The number of carbonyl (C=O) groups excluding carboxylic acids is 1. The van der Waals surface area contributed by atoms with Gasteiger partial charge in [0.05, 0.1) is 18.7 Å². The lowest BCUT2D eigenvalue weighted by atomic mass is 10.2. The van der Waals surface area contributed by atoms with Crippen molar-refractivity contribution < 1.29 is 9.53 Å². The number of aromatic nitrogens is 3. The zero-order chi connectivity index (χ0) is 15.7. The summed E-state index contributed by atoms with van der Waals surface area (Å²) in [5.74, 6) is 1.54. The largest absolute Gasteiger partial charge is 0.366 e. The van der Waals surface area contributed by atoms with Crippen LogP contribution in [0.1, 0.15) is 44.8 Å². The van der Waals surface area contributed by atoms with E-state index in [1.54, 1.807) is 11.3 Å². The number of nitrogens with zero attached hydrogens (tertiary/aromatic N) is 3. The summed E-state index contributed by atoms with van der Waals surface area (Å²) in [6.07, 6.45) is 0.546. The smallest absolute Gasteiger partial charge is 0.255 e. The van der Waals surface area contributed by atoms with E-state index < -0.39 is 0 Å². The Morgan fingerprint density at radius 2 is 2.36 bits per heavy atom. The topological polar surface area (TPSA) is 71.1 Å². The Kier molecular flexibility index (Phi) is 4.26. The lowest BCUT2D eigenvalue weighted by Gasteiger charge is -2.31. The van der Waals surface area contributed by atoms with Crippen LogP contribution in [0, 0.1) is 13.8 Å². The highest BCUT2D eigenvalue weighted by Gasteiger charge is 2.29. The molecule has 1 unspecified atom stereocenters. The van der Waals surface area contributed by atoms with Crippen LogP contribution in [-0.4, -0.2) is 45.7 Å². The molecule has 118 valence electrons. The van der Waals surface area contributed by atoms with Gasteiger partial charge in [0.2, 0.25) is 0 Å². The minimum atomic E-state index is -0.255. The SMILES string of the molecule is CCc1nc(C2CN(C(=O)c3cc(C)sc3C)CCO2)n[nH]1. The molecular weight excluding hydrogens is 300 g/mol. The summed E-state index contributed by atoms with van der Waals surface area (Å²) < 4.78 is 5.74. The fourth-order valence-electron chi connectivity index (χ4n) is 2.62. The molecule has 0 aromatic carbocycles. The summed E-state index contributed by atoms with van der Waals surface area (Å²) in [5, 5.41) is 7.10. The molecule has 6 nitrogen and oxygen atoms in total. The van der Waals surface area contributed by atoms with E-state index in [1.807, 2.05) is 31.7 Å². The normalized spacial score (nSPS) is 18.7. The van der Waals surface area contributed by atoms with Crippen molar-refractivity contribution in [3.05, 3.63) is 33.0 Å². The number of carbonyl (C=O) groups is 1. The van der Waals surface area contributed by atoms with Crippen molar-refractivity contribution >= 4 is 17.2 Å². The number of rotatable bonds is 3. The van der Waals surface area contributed by atoms with E-state index in [4.69, 9.17) is 4.74 Å². The Labute approximate surface area is 133 Å². The Hall–Kier alpha value is -1.73. The molecule has 7 heteroatoms. The Bertz CT molecular complexity index is 679. The molecule has 1 atom stereocenters. The minimum absolute atomic E-state index is 0.0707. The summed E-state index contributed by atoms with van der Waals surface area (Å²) in [5.41, 5.74) is 0.799. The highest BCUT2D eigenvalue weighted by atomic mass is 32.1. The number of hydrogen-bond acceptors (Lipinski definition) is 5. The highest BCUT2D eigenvalue weighted by molar-refractivity contribution is 7.12. The van der Waals surface area contributed by atoms with Crippen molar-refractivity contribution in [1.29, 1.82) is 0 Å². The molecule has 1 saturated heterocycles. The van der Waals surface area contributed by atoms with Crippen LogP contribution in [0.5, 0.6) is 0 Å². The Morgan fingerprint density at radius 3 is 3.00 bits per heavy atom. The molecule has 0 radical (unpaired) electrons. The average molecular weight is 320 g/mol. The van der Waals surface area contributed by atoms with Gasteiger partial charge in [0.1, 0.15) is 11.9 Å². The first-order chi connectivity index (χ1) is 10.6. The molecule has 1 amide bonds. The van der Waals surface area contributed by atoms with Crippen LogP contribution < -0.4 is 0 Å². The number of nitrogens with one attached hydrogen (secondary N) is 1. The molecule has 0 spiro atoms. The maximum Gasteiger partial charge on any atom is 0.255 e. The molecule has 0 aliphatic carbocycles. The minimum Gasteiger partial charge on any atom is -0.366 e. The second kappa shape index (κ2) is 6.18. The fourth-order valence-corrected chi connectivity index (χ4v) is 3.53. The number of ether oxygens (including phenoxy) is 1. The summed E-state index contributed by atoms with van der Waals surface area (Å²) in [7, 11) is 0. The maximum atomic E-state index is 12.7. The van der Waals surface area contributed by atoms with Gasteiger partial charge >= 0.3 is 0 Å². The van der Waals surface area contributed by atoms with Gasteiger partial charge in [-0.25, -0.2) is 4.98 Å². The molecule has 0 bridgehead atoms. The third-order valence-corrected chi connectivity index (χ3v) is 4.76. The van der Waals surface area contributed by atoms with Crippen LogP contribution in [-0.2, 0) is 11.2 Å². The standard InChI is InChI=1S/C15H20N4O2S/c1-4-13-16-14(18-17-13)12-8-19(5-6-21-12)15(20)11-7-9(2)22-10(11)3/h7,12H,4-6,8H2,1-3H3,(H,16,17,18). The number of thiophene rings is 1. The van der Waals surface area contributed by atoms with Gasteiger partial charge in [0.25, 0.3) is 5.91 Å². The van der Waals surface area contributed by atoms with Crippen molar-refractivity contribution in [1.82, 2.24) is 20.1 Å². The lowest BCUT2D eigenvalue weighted by molar-refractivity contribution is -0.0266. The van der Waals surface area contributed by atoms with Gasteiger partial charge in [-0.3, -0.25) is 9.89 Å². The molecule has 3 rings (SSSR count). The van der Waals surface area contributed by atoms with Gasteiger partial charge in [-0.2, -0.15) is 5.10 Å². The summed E-state index contributed by atoms with van der Waals surface area (Å²) in [6, 6.07) is 1.97. The van der Waals surface area contributed by atoms with Crippen LogP contribution in [0.15, 0.2) is 6.07 Å². The summed E-state index contributed by atoms with van der Waals surface area (Å²) >= 11 is 1.66. The first-order valence-corrected chi connectivity index (χ1v) is 8.29. The number of aromatic amines is 1. The zero-order valence-corrected chi connectivity index (χ0v) is 13.9. The fraction of sp³-hybridized carbons (Fsp3) is 0.533. The van der Waals surface area contributed by atoms with Crippen LogP contribution in [0.25, 0.3) is 0 Å². The van der Waals surface area contributed by atoms with Crippen LogP contribution >= 0.6 is 11.3 Å². The monoisotopic (exact) mass is 320 g/mol. The maximum absolute atomic E-state index is 12.7. The third-order valence-electron chi connectivity index (χ3n) is 3.80. The number of H-pyrrole nitrogens is 1. The molecule has 0 saturated carbocycles. The average Bonchev–Trinajstić information content (AvgIpc) is 3.13. The second-order valence-electron chi connectivity index (χ2n) is 5.43. The predicted octanol–water partition coefficient (Wildman–Crippen LogP) is 2.26. The van der Waals surface area contributed by atoms with Crippen molar-refractivity contribution in [3.63, 3.8) is 0 Å². The van der Waals surface area contributed by atoms with E-state index in [0.717, 1.165) is 27.6 Å². The van der Waals surface area contributed by atoms with Crippen molar-refractivity contribution in [2.24, 2.45) is 0 Å². The van der Waals surface area contributed by atoms with E-state index in [0.29, 0.717) is 25.5 Å². The first-order valence-electron chi connectivity index (χ1n) is 7.47. The molecular formula is C15H20N4O2S. The summed E-state index contributed by atoms with van der Waals surface area (Å²) in [4.78, 5) is 21.2. The van der Waals surface area contributed by atoms with Gasteiger partial charge in [-0.05, 0) is 19.9 Å². The first kappa shape index (κ1) is 15.2. The lowest BCUT2D eigenvalue weighted by Crippen LogP contribution is -2.42. The number of aryl methyl sites for hydroxylation is 3. The van der Waals surface area contributed by atoms with Crippen LogP contribution in [0.3, 0.4) is 0 Å². The zero-order valence-electron chi connectivity index (χ0n) is 13.0. The quantitative estimate of drug-likeness (QED) is 0.941. The van der Waals surface area contributed by atoms with Gasteiger partial charge in [-0.15, -0.1) is 11.3 Å². The Balaban J connectivity index is 1.75. The van der Waals surface area contributed by atoms with Crippen LogP contribution in [0.4, 0.5) is 0 Å². The van der Waals surface area contributed by atoms with Crippen molar-refractivity contribution in [2.75, 3.05) is 19.7 Å². The van der Waals surface area contributed by atoms with E-state index in [9.17, 15) is 4.79 Å². The van der Waals surface area contributed by atoms with E-state index in [-0.39, 0.29) is 12.0 Å². The van der Waals surface area contributed by atoms with Gasteiger partial charge < -0.3 is 9.64 Å². The van der Waals surface area contributed by atoms with Gasteiger partial charge in [0.15, 0.2) is 5.82 Å². The van der Waals surface area contributed by atoms with Crippen molar-refractivity contribution in [2.45, 2.75) is 33.3 Å². The number of morpholine rings is 1. The molecule has 22 heavy (non-hydrogen) atoms. The number of hydrogen-bond donors (Lipinski definition) is 1. The summed E-state index contributed by atoms with van der Waals surface area (Å²) in [6.45, 7) is 7.64. The third kappa shape index (κ3) is 2.91. The van der Waals surface area contributed by atoms with E-state index in [1.165, 1.54) is 0 Å². The number of amides is 1. The van der Waals surface area contributed by atoms with Gasteiger partial charge in [0, 0.05) is 22.7 Å². The van der Waals surface area contributed by atoms with Gasteiger partial charge in [-0.1, -0.05) is 6.92 Å².